The lowest BCUT2D eigenvalue weighted by Gasteiger charge is -2.20. The van der Waals surface area contributed by atoms with Crippen LogP contribution in [0.25, 0.3) is 0 Å². The first-order valence-electron chi connectivity index (χ1n) is 8.31. The van der Waals surface area contributed by atoms with Gasteiger partial charge in [-0.25, -0.2) is 4.98 Å². The second-order valence-corrected chi connectivity index (χ2v) is 6.67. The molecule has 124 valence electrons. The van der Waals surface area contributed by atoms with E-state index < -0.39 is 6.10 Å². The molecular weight excluding hydrogens is 300 g/mol. The van der Waals surface area contributed by atoms with Crippen LogP contribution in [0, 0.1) is 17.2 Å². The smallest absolute Gasteiger partial charge is 0.146 e. The number of anilines is 1. The van der Waals surface area contributed by atoms with Crippen LogP contribution in [0.3, 0.4) is 0 Å². The average Bonchev–Trinajstić information content (AvgIpc) is 2.95. The molecule has 1 aliphatic rings. The van der Waals surface area contributed by atoms with Crippen LogP contribution in [-0.4, -0.2) is 34.3 Å². The van der Waals surface area contributed by atoms with Gasteiger partial charge < -0.3 is 10.0 Å². The van der Waals surface area contributed by atoms with Gasteiger partial charge in [-0.3, -0.25) is 4.98 Å². The Kier molecular flexibility index (Phi) is 4.77. The van der Waals surface area contributed by atoms with Crippen LogP contribution in [0.15, 0.2) is 36.7 Å². The maximum atomic E-state index is 10.5. The van der Waals surface area contributed by atoms with E-state index in [4.69, 9.17) is 0 Å². The van der Waals surface area contributed by atoms with Crippen molar-refractivity contribution in [2.24, 2.45) is 5.92 Å². The van der Waals surface area contributed by atoms with Crippen molar-refractivity contribution in [2.45, 2.75) is 32.3 Å². The molecule has 3 heterocycles. The van der Waals surface area contributed by atoms with Crippen LogP contribution >= 0.6 is 0 Å². The zero-order chi connectivity index (χ0) is 17.1. The monoisotopic (exact) mass is 322 g/mol. The molecule has 1 saturated heterocycles. The van der Waals surface area contributed by atoms with E-state index in [1.807, 2.05) is 29.2 Å². The summed E-state index contributed by atoms with van der Waals surface area (Å²) < 4.78 is 0. The van der Waals surface area contributed by atoms with Gasteiger partial charge >= 0.3 is 0 Å². The molecule has 0 aliphatic carbocycles. The summed E-state index contributed by atoms with van der Waals surface area (Å²) in [6.45, 7) is 5.39. The number of aliphatic hydroxyl groups is 1. The van der Waals surface area contributed by atoms with Crippen LogP contribution in [0.1, 0.15) is 36.6 Å². The van der Waals surface area contributed by atoms with Crippen molar-refractivity contribution in [3.8, 4) is 6.07 Å². The summed E-state index contributed by atoms with van der Waals surface area (Å²) in [7, 11) is 0. The van der Waals surface area contributed by atoms with Crippen molar-refractivity contribution in [3.63, 3.8) is 0 Å². The normalized spacial score (nSPS) is 20.4. The molecule has 0 spiro atoms. The van der Waals surface area contributed by atoms with E-state index in [1.165, 1.54) is 5.56 Å². The Morgan fingerprint density at radius 2 is 2.00 bits per heavy atom. The Balaban J connectivity index is 1.81. The first-order valence-corrected chi connectivity index (χ1v) is 8.31. The molecule has 1 aliphatic heterocycles. The number of rotatable bonds is 4. The van der Waals surface area contributed by atoms with Gasteiger partial charge in [-0.2, -0.15) is 5.26 Å². The minimum Gasteiger partial charge on any atom is -0.391 e. The van der Waals surface area contributed by atoms with E-state index in [9.17, 15) is 10.4 Å². The Morgan fingerprint density at radius 1 is 1.25 bits per heavy atom. The molecule has 1 N–H and O–H groups in total. The summed E-state index contributed by atoms with van der Waals surface area (Å²) in [5.41, 5.74) is 2.70. The molecule has 2 atom stereocenters. The van der Waals surface area contributed by atoms with Crippen LogP contribution in [0.2, 0.25) is 0 Å². The SMILES string of the molecule is CC(C)c1ccc(C#N)c(N2C[C@@H](Cc3ccncc3)[C@@H](O)C2)n1. The Bertz CT molecular complexity index is 739. The van der Waals surface area contributed by atoms with Crippen molar-refractivity contribution >= 4 is 5.82 Å². The molecule has 24 heavy (non-hydrogen) atoms. The molecule has 0 bridgehead atoms. The average molecular weight is 322 g/mol. The zero-order valence-corrected chi connectivity index (χ0v) is 14.1. The van der Waals surface area contributed by atoms with Crippen molar-refractivity contribution < 1.29 is 5.11 Å². The van der Waals surface area contributed by atoms with Crippen molar-refractivity contribution in [2.75, 3.05) is 18.0 Å². The van der Waals surface area contributed by atoms with E-state index in [2.05, 4.69) is 29.9 Å². The molecular formula is C19H22N4O. The predicted octanol–water partition coefficient (Wildman–Crippen LogP) is 2.51. The lowest BCUT2D eigenvalue weighted by molar-refractivity contribution is 0.148. The van der Waals surface area contributed by atoms with E-state index in [1.54, 1.807) is 12.4 Å². The predicted molar refractivity (Wildman–Crippen MR) is 92.7 cm³/mol. The molecule has 5 heteroatoms. The molecule has 1 fully saturated rings. The molecule has 0 radical (unpaired) electrons. The Morgan fingerprint density at radius 3 is 2.67 bits per heavy atom. The third kappa shape index (κ3) is 3.39. The molecule has 3 rings (SSSR count). The molecule has 5 nitrogen and oxygen atoms in total. The maximum Gasteiger partial charge on any atom is 0.146 e. The lowest BCUT2D eigenvalue weighted by atomic mass is 9.97. The van der Waals surface area contributed by atoms with E-state index >= 15 is 0 Å². The van der Waals surface area contributed by atoms with Gasteiger partial charge in [-0.15, -0.1) is 0 Å². The number of aliphatic hydroxyl groups excluding tert-OH is 1. The van der Waals surface area contributed by atoms with E-state index in [-0.39, 0.29) is 5.92 Å². The van der Waals surface area contributed by atoms with Gasteiger partial charge in [0.1, 0.15) is 11.9 Å². The number of aromatic nitrogens is 2. The van der Waals surface area contributed by atoms with Gasteiger partial charge in [-0.1, -0.05) is 13.8 Å². The van der Waals surface area contributed by atoms with Gasteiger partial charge in [0, 0.05) is 37.1 Å². The summed E-state index contributed by atoms with van der Waals surface area (Å²) in [6, 6.07) is 9.93. The first-order chi connectivity index (χ1) is 11.6. The molecule has 2 aromatic rings. The fraction of sp³-hybridized carbons (Fsp3) is 0.421. The number of nitriles is 1. The van der Waals surface area contributed by atoms with Gasteiger partial charge in [0.05, 0.1) is 11.7 Å². The topological polar surface area (TPSA) is 73.0 Å². The van der Waals surface area contributed by atoms with Crippen molar-refractivity contribution in [1.82, 2.24) is 9.97 Å². The minimum absolute atomic E-state index is 0.128. The van der Waals surface area contributed by atoms with Gasteiger partial charge in [0.25, 0.3) is 0 Å². The largest absolute Gasteiger partial charge is 0.391 e. The van der Waals surface area contributed by atoms with E-state index in [0.717, 1.165) is 12.1 Å². The van der Waals surface area contributed by atoms with Crippen molar-refractivity contribution in [1.29, 1.82) is 5.26 Å². The van der Waals surface area contributed by atoms with E-state index in [0.29, 0.717) is 30.4 Å². The lowest BCUT2D eigenvalue weighted by Crippen LogP contribution is -2.23. The number of hydrogen-bond donors (Lipinski definition) is 1. The maximum absolute atomic E-state index is 10.5. The number of pyridine rings is 2. The van der Waals surface area contributed by atoms with Gasteiger partial charge in [0.2, 0.25) is 0 Å². The highest BCUT2D eigenvalue weighted by Gasteiger charge is 2.33. The zero-order valence-electron chi connectivity index (χ0n) is 14.1. The van der Waals surface area contributed by atoms with Crippen LogP contribution in [0.4, 0.5) is 5.82 Å². The first kappa shape index (κ1) is 16.4. The third-order valence-corrected chi connectivity index (χ3v) is 4.56. The molecule has 0 unspecified atom stereocenters. The number of β-amino-alcohol motifs (C(OH)–C–C–N with tert-alkyl or cyclic N) is 1. The summed E-state index contributed by atoms with van der Waals surface area (Å²) >= 11 is 0. The van der Waals surface area contributed by atoms with Crippen LogP contribution in [0.5, 0.6) is 0 Å². The second-order valence-electron chi connectivity index (χ2n) is 6.67. The minimum atomic E-state index is -0.422. The molecule has 0 amide bonds. The number of hydrogen-bond acceptors (Lipinski definition) is 5. The highest BCUT2D eigenvalue weighted by Crippen LogP contribution is 2.29. The molecule has 2 aromatic heterocycles. The fourth-order valence-corrected chi connectivity index (χ4v) is 3.16. The summed E-state index contributed by atoms with van der Waals surface area (Å²) in [5.74, 6) is 1.13. The Hall–Kier alpha value is -2.45. The Labute approximate surface area is 142 Å². The number of nitrogens with zero attached hydrogens (tertiary/aromatic N) is 4. The standard InChI is InChI=1S/C19H22N4O/c1-13(2)17-4-3-15(10-20)19(22-17)23-11-16(18(24)12-23)9-14-5-7-21-8-6-14/h3-8,13,16,18,24H,9,11-12H2,1-2H3/t16-,18+/m1/s1. The highest BCUT2D eigenvalue weighted by atomic mass is 16.3. The summed E-state index contributed by atoms with van der Waals surface area (Å²) in [4.78, 5) is 10.8. The summed E-state index contributed by atoms with van der Waals surface area (Å²) in [6.07, 6.45) is 3.92. The quantitative estimate of drug-likeness (QED) is 0.936. The summed E-state index contributed by atoms with van der Waals surface area (Å²) in [5, 5.41) is 19.8. The van der Waals surface area contributed by atoms with Gasteiger partial charge in [-0.05, 0) is 42.2 Å². The molecule has 0 saturated carbocycles. The second kappa shape index (κ2) is 6.98. The third-order valence-electron chi connectivity index (χ3n) is 4.56. The molecule has 0 aromatic carbocycles. The van der Waals surface area contributed by atoms with Gasteiger partial charge in [0.15, 0.2) is 0 Å². The van der Waals surface area contributed by atoms with Crippen LogP contribution in [-0.2, 0) is 6.42 Å². The highest BCUT2D eigenvalue weighted by molar-refractivity contribution is 5.55. The van der Waals surface area contributed by atoms with Crippen molar-refractivity contribution in [3.05, 3.63) is 53.5 Å². The fourth-order valence-electron chi connectivity index (χ4n) is 3.16. The van der Waals surface area contributed by atoms with Crippen LogP contribution < -0.4 is 4.90 Å².